The highest BCUT2D eigenvalue weighted by Gasteiger charge is 2.59. The summed E-state index contributed by atoms with van der Waals surface area (Å²) in [7, 11) is 0. The number of carbonyl (C=O) groups excluding carboxylic acids is 1. The molecule has 1 fully saturated rings. The molecule has 0 N–H and O–H groups in total. The van der Waals surface area contributed by atoms with Crippen molar-refractivity contribution in [2.24, 2.45) is 0 Å². The highest BCUT2D eigenvalue weighted by atomic mass is 16.5. The van der Waals surface area contributed by atoms with Crippen molar-refractivity contribution < 1.29 is 14.3 Å². The van der Waals surface area contributed by atoms with Crippen LogP contribution in [0.3, 0.4) is 0 Å². The van der Waals surface area contributed by atoms with Crippen LogP contribution < -0.4 is 4.90 Å². The summed E-state index contributed by atoms with van der Waals surface area (Å²) in [4.78, 5) is 14.9. The Morgan fingerprint density at radius 1 is 0.929 bits per heavy atom. The van der Waals surface area contributed by atoms with E-state index in [1.54, 1.807) is 0 Å². The van der Waals surface area contributed by atoms with Gasteiger partial charge in [-0.1, -0.05) is 83.2 Å². The Morgan fingerprint density at radius 3 is 2.55 bits per heavy atom. The van der Waals surface area contributed by atoms with Gasteiger partial charge in [-0.3, -0.25) is 0 Å². The number of aryl methyl sites for hydroxylation is 1. The summed E-state index contributed by atoms with van der Waals surface area (Å²) in [6, 6.07) is 21.6. The van der Waals surface area contributed by atoms with Crippen molar-refractivity contribution in [2.45, 2.75) is 83.9 Å². The molecule has 1 saturated heterocycles. The van der Waals surface area contributed by atoms with Crippen molar-refractivity contribution in [3.63, 3.8) is 0 Å². The van der Waals surface area contributed by atoms with Gasteiger partial charge >= 0.3 is 5.97 Å². The zero-order valence-corrected chi connectivity index (χ0v) is 25.6. The molecule has 0 aliphatic carbocycles. The maximum atomic E-state index is 12.5. The van der Waals surface area contributed by atoms with E-state index in [1.165, 1.54) is 60.3 Å². The number of rotatable bonds is 11. The summed E-state index contributed by atoms with van der Waals surface area (Å²) in [6.45, 7) is 11.4. The SMILES string of the molecule is CCCCCCCCn1c2ccccc2c2cc(C=CC34OCCN3c3ccc(C(=O)OCC)cc3C4(C)C)ccc21. The van der Waals surface area contributed by atoms with Crippen molar-refractivity contribution in [1.29, 1.82) is 0 Å². The first-order valence-corrected chi connectivity index (χ1v) is 15.8. The Labute approximate surface area is 250 Å². The van der Waals surface area contributed by atoms with Crippen LogP contribution >= 0.6 is 0 Å². The van der Waals surface area contributed by atoms with Gasteiger partial charge in [0.25, 0.3) is 0 Å². The number of fused-ring (bicyclic) bond motifs is 6. The molecule has 2 aliphatic rings. The van der Waals surface area contributed by atoms with E-state index in [0.29, 0.717) is 18.8 Å². The Kier molecular flexibility index (Phi) is 7.89. The molecule has 0 amide bonds. The van der Waals surface area contributed by atoms with Crippen molar-refractivity contribution in [2.75, 3.05) is 24.7 Å². The summed E-state index contributed by atoms with van der Waals surface area (Å²) < 4.78 is 14.4. The summed E-state index contributed by atoms with van der Waals surface area (Å²) in [5, 5.41) is 2.61. The first kappa shape index (κ1) is 28.5. The van der Waals surface area contributed by atoms with Gasteiger partial charge in [0, 0.05) is 46.0 Å². The molecule has 6 rings (SSSR count). The Bertz CT molecular complexity index is 1630. The number of aromatic nitrogens is 1. The van der Waals surface area contributed by atoms with Crippen LogP contribution in [0.2, 0.25) is 0 Å². The summed E-state index contributed by atoms with van der Waals surface area (Å²) in [5.74, 6) is -0.280. The molecule has 5 heteroatoms. The maximum absolute atomic E-state index is 12.5. The first-order chi connectivity index (χ1) is 20.4. The number of nitrogens with zero attached hydrogens (tertiary/aromatic N) is 2. The topological polar surface area (TPSA) is 43.7 Å². The van der Waals surface area contributed by atoms with E-state index in [2.05, 4.69) is 90.9 Å². The average Bonchev–Trinajstić information content (AvgIpc) is 3.62. The number of benzene rings is 3. The number of anilines is 1. The minimum absolute atomic E-state index is 0.280. The van der Waals surface area contributed by atoms with Gasteiger partial charge in [0.1, 0.15) is 0 Å². The van der Waals surface area contributed by atoms with Gasteiger partial charge in [-0.25, -0.2) is 4.79 Å². The van der Waals surface area contributed by atoms with Gasteiger partial charge in [-0.2, -0.15) is 0 Å². The molecule has 5 nitrogen and oxygen atoms in total. The van der Waals surface area contributed by atoms with E-state index in [-0.39, 0.29) is 11.4 Å². The second kappa shape index (κ2) is 11.6. The third-order valence-corrected chi connectivity index (χ3v) is 9.44. The summed E-state index contributed by atoms with van der Waals surface area (Å²) in [5.41, 5.74) is 5.63. The molecule has 0 spiro atoms. The van der Waals surface area contributed by atoms with Crippen molar-refractivity contribution in [3.05, 3.63) is 83.4 Å². The molecule has 3 aromatic carbocycles. The van der Waals surface area contributed by atoms with Crippen molar-refractivity contribution >= 4 is 39.5 Å². The molecule has 42 heavy (non-hydrogen) atoms. The van der Waals surface area contributed by atoms with Crippen LogP contribution in [0, 0.1) is 0 Å². The highest BCUT2D eigenvalue weighted by molar-refractivity contribution is 6.08. The largest absolute Gasteiger partial charge is 0.462 e. The molecule has 2 aliphatic heterocycles. The number of esters is 1. The Hall–Kier alpha value is -3.57. The van der Waals surface area contributed by atoms with E-state index < -0.39 is 5.72 Å². The number of hydrogen-bond acceptors (Lipinski definition) is 4. The number of para-hydroxylation sites is 1. The monoisotopic (exact) mass is 564 g/mol. The molecule has 220 valence electrons. The predicted octanol–water partition coefficient (Wildman–Crippen LogP) is 8.87. The molecular formula is C37H44N2O3. The molecule has 1 aromatic heterocycles. The van der Waals surface area contributed by atoms with Crippen LogP contribution in [-0.2, 0) is 21.4 Å². The third-order valence-electron chi connectivity index (χ3n) is 9.44. The Balaban J connectivity index is 1.31. The van der Waals surface area contributed by atoms with Gasteiger partial charge in [0.05, 0.1) is 18.8 Å². The van der Waals surface area contributed by atoms with Crippen LogP contribution in [-0.4, -0.2) is 36.0 Å². The Morgan fingerprint density at radius 2 is 1.71 bits per heavy atom. The van der Waals surface area contributed by atoms with Crippen LogP contribution in [0.5, 0.6) is 0 Å². The summed E-state index contributed by atoms with van der Waals surface area (Å²) >= 11 is 0. The van der Waals surface area contributed by atoms with Crippen LogP contribution in [0.25, 0.3) is 27.9 Å². The lowest BCUT2D eigenvalue weighted by atomic mass is 9.77. The average molecular weight is 565 g/mol. The van der Waals surface area contributed by atoms with E-state index in [9.17, 15) is 4.79 Å². The van der Waals surface area contributed by atoms with E-state index in [1.807, 2.05) is 19.1 Å². The number of carbonyl (C=O) groups is 1. The molecule has 4 aromatic rings. The standard InChI is InChI=1S/C37H44N2O3/c1-5-7-8-9-10-13-22-38-32-15-12-11-14-29(32)30-25-27(16-18-33(30)38)20-21-37-36(3,4)31-26-28(35(40)41-6-2)17-19-34(31)39(37)23-24-42-37/h11-12,14-21,25-26H,5-10,13,22-24H2,1-4H3. The lowest BCUT2D eigenvalue weighted by Crippen LogP contribution is -2.51. The molecule has 0 saturated carbocycles. The molecule has 1 atom stereocenters. The van der Waals surface area contributed by atoms with E-state index in [0.717, 1.165) is 29.9 Å². The number of ether oxygens (including phenoxy) is 2. The maximum Gasteiger partial charge on any atom is 0.338 e. The van der Waals surface area contributed by atoms with Crippen molar-refractivity contribution in [1.82, 2.24) is 4.57 Å². The molecule has 0 bridgehead atoms. The predicted molar refractivity (Wildman–Crippen MR) is 173 cm³/mol. The van der Waals surface area contributed by atoms with Gasteiger partial charge in [-0.15, -0.1) is 0 Å². The van der Waals surface area contributed by atoms with E-state index in [4.69, 9.17) is 9.47 Å². The van der Waals surface area contributed by atoms with E-state index >= 15 is 0 Å². The number of hydrogen-bond donors (Lipinski definition) is 0. The molecule has 0 radical (unpaired) electrons. The smallest absolute Gasteiger partial charge is 0.338 e. The quantitative estimate of drug-likeness (QED) is 0.135. The van der Waals surface area contributed by atoms with Crippen LogP contribution in [0.15, 0.2) is 66.7 Å². The molecular weight excluding hydrogens is 520 g/mol. The summed E-state index contributed by atoms with van der Waals surface area (Å²) in [6.07, 6.45) is 12.2. The third kappa shape index (κ3) is 4.72. The second-order valence-corrected chi connectivity index (χ2v) is 12.3. The van der Waals surface area contributed by atoms with Gasteiger partial charge < -0.3 is 18.9 Å². The molecule has 1 unspecified atom stereocenters. The first-order valence-electron chi connectivity index (χ1n) is 15.8. The minimum Gasteiger partial charge on any atom is -0.462 e. The fourth-order valence-corrected chi connectivity index (χ4v) is 7.18. The van der Waals surface area contributed by atoms with Crippen LogP contribution in [0.4, 0.5) is 5.69 Å². The number of unbranched alkanes of at least 4 members (excludes halogenated alkanes) is 5. The zero-order valence-electron chi connectivity index (χ0n) is 25.6. The lowest BCUT2D eigenvalue weighted by molar-refractivity contribution is 0.000297. The van der Waals surface area contributed by atoms with Gasteiger partial charge in [0.2, 0.25) is 0 Å². The minimum atomic E-state index is -0.622. The second-order valence-electron chi connectivity index (χ2n) is 12.3. The fraction of sp³-hybridized carbons (Fsp3) is 0.432. The lowest BCUT2D eigenvalue weighted by Gasteiger charge is -2.39. The normalized spacial score (nSPS) is 19.2. The zero-order chi connectivity index (χ0) is 29.3. The fourth-order valence-electron chi connectivity index (χ4n) is 7.18. The molecule has 3 heterocycles. The highest BCUT2D eigenvalue weighted by Crippen LogP contribution is 2.55. The van der Waals surface area contributed by atoms with Crippen molar-refractivity contribution in [3.8, 4) is 0 Å². The van der Waals surface area contributed by atoms with Crippen LogP contribution in [0.1, 0.15) is 87.7 Å². The van der Waals surface area contributed by atoms with Gasteiger partial charge in [0.15, 0.2) is 5.72 Å². The van der Waals surface area contributed by atoms with Gasteiger partial charge in [-0.05, 0) is 66.9 Å².